The lowest BCUT2D eigenvalue weighted by Gasteiger charge is -2.30. The van der Waals surface area contributed by atoms with Gasteiger partial charge in [-0.2, -0.15) is 4.98 Å². The SMILES string of the molecule is C[C@H]1COCC[C@H]1Nc1ncc2nc(Nc3c(Cl)cc(Cl)cc3Cl)n(C3CCC(C(N)=O)CC3)c2n1. The maximum Gasteiger partial charge on any atom is 0.224 e. The third-order valence-electron chi connectivity index (χ3n) is 7.10. The van der Waals surface area contributed by atoms with Crippen LogP contribution in [0.5, 0.6) is 0 Å². The molecule has 36 heavy (non-hydrogen) atoms. The normalized spacial score (nSPS) is 24.6. The number of ether oxygens (including phenoxy) is 1. The molecule has 2 aliphatic rings. The van der Waals surface area contributed by atoms with Crippen LogP contribution in [0.1, 0.15) is 45.1 Å². The average molecular weight is 553 g/mol. The fourth-order valence-electron chi connectivity index (χ4n) is 5.05. The fraction of sp³-hybridized carbons (Fsp3) is 0.500. The average Bonchev–Trinajstić information content (AvgIpc) is 3.20. The van der Waals surface area contributed by atoms with Gasteiger partial charge in [0.2, 0.25) is 17.8 Å². The molecule has 5 rings (SSSR count). The number of rotatable bonds is 6. The van der Waals surface area contributed by atoms with E-state index in [4.69, 9.17) is 55.2 Å². The highest BCUT2D eigenvalue weighted by atomic mass is 35.5. The van der Waals surface area contributed by atoms with Crippen LogP contribution < -0.4 is 16.4 Å². The second-order valence-corrected chi connectivity index (χ2v) is 10.8. The van der Waals surface area contributed by atoms with E-state index in [9.17, 15) is 4.79 Å². The van der Waals surface area contributed by atoms with Crippen LogP contribution in [0.2, 0.25) is 15.1 Å². The van der Waals surface area contributed by atoms with Crippen molar-refractivity contribution in [1.82, 2.24) is 19.5 Å². The maximum absolute atomic E-state index is 11.7. The Morgan fingerprint density at radius 3 is 2.50 bits per heavy atom. The lowest BCUT2D eigenvalue weighted by atomic mass is 9.85. The van der Waals surface area contributed by atoms with Crippen LogP contribution >= 0.6 is 34.8 Å². The molecule has 3 aromatic rings. The first-order chi connectivity index (χ1) is 17.3. The van der Waals surface area contributed by atoms with Gasteiger partial charge in [0.25, 0.3) is 0 Å². The Morgan fingerprint density at radius 2 is 1.83 bits per heavy atom. The van der Waals surface area contributed by atoms with Gasteiger partial charge in [0.05, 0.1) is 28.5 Å². The topological polar surface area (TPSA) is 120 Å². The van der Waals surface area contributed by atoms with Gasteiger partial charge in [0.15, 0.2) is 5.65 Å². The number of carbonyl (C=O) groups excluding carboxylic acids is 1. The predicted octanol–water partition coefficient (Wildman–Crippen LogP) is 5.58. The molecule has 1 aliphatic heterocycles. The second kappa shape index (κ2) is 10.6. The molecule has 2 fully saturated rings. The van der Waals surface area contributed by atoms with E-state index in [1.807, 2.05) is 0 Å². The maximum atomic E-state index is 11.7. The molecule has 1 amide bonds. The van der Waals surface area contributed by atoms with Gasteiger partial charge in [-0.15, -0.1) is 0 Å². The van der Waals surface area contributed by atoms with Crippen LogP contribution in [0.3, 0.4) is 0 Å². The molecule has 1 saturated carbocycles. The summed E-state index contributed by atoms with van der Waals surface area (Å²) in [4.78, 5) is 25.9. The lowest BCUT2D eigenvalue weighted by Crippen LogP contribution is -2.36. The summed E-state index contributed by atoms with van der Waals surface area (Å²) in [5.74, 6) is 1.07. The monoisotopic (exact) mass is 551 g/mol. The van der Waals surface area contributed by atoms with Gasteiger partial charge in [-0.25, -0.2) is 9.97 Å². The molecule has 2 atom stereocenters. The van der Waals surface area contributed by atoms with Gasteiger partial charge in [-0.05, 0) is 50.2 Å². The zero-order chi connectivity index (χ0) is 25.4. The molecule has 1 aliphatic carbocycles. The van der Waals surface area contributed by atoms with Gasteiger partial charge >= 0.3 is 0 Å². The van der Waals surface area contributed by atoms with Gasteiger partial charge in [-0.1, -0.05) is 41.7 Å². The molecule has 2 aromatic heterocycles. The largest absolute Gasteiger partial charge is 0.381 e. The van der Waals surface area contributed by atoms with Crippen molar-refractivity contribution in [3.8, 4) is 0 Å². The zero-order valence-corrected chi connectivity index (χ0v) is 22.1. The molecule has 4 N–H and O–H groups in total. The molecule has 1 saturated heterocycles. The second-order valence-electron chi connectivity index (χ2n) is 9.58. The van der Waals surface area contributed by atoms with Crippen molar-refractivity contribution in [3.63, 3.8) is 0 Å². The third-order valence-corrected chi connectivity index (χ3v) is 7.91. The lowest BCUT2D eigenvalue weighted by molar-refractivity contribution is -0.122. The van der Waals surface area contributed by atoms with Crippen molar-refractivity contribution < 1.29 is 9.53 Å². The van der Waals surface area contributed by atoms with Crippen LogP contribution in [0.25, 0.3) is 11.2 Å². The van der Waals surface area contributed by atoms with E-state index in [0.717, 1.165) is 19.3 Å². The minimum absolute atomic E-state index is 0.0581. The molecular weight excluding hydrogens is 525 g/mol. The number of halogens is 3. The summed E-state index contributed by atoms with van der Waals surface area (Å²) >= 11 is 19.0. The van der Waals surface area contributed by atoms with E-state index in [-0.39, 0.29) is 23.9 Å². The van der Waals surface area contributed by atoms with Gasteiger partial charge in [0, 0.05) is 29.6 Å². The number of hydrogen-bond acceptors (Lipinski definition) is 7. The summed E-state index contributed by atoms with van der Waals surface area (Å²) in [5.41, 5.74) is 7.41. The number of imidazole rings is 1. The first-order valence-corrected chi connectivity index (χ1v) is 13.2. The molecular formula is C24H28Cl3N7O2. The van der Waals surface area contributed by atoms with Crippen molar-refractivity contribution in [1.29, 1.82) is 0 Å². The molecule has 0 unspecified atom stereocenters. The zero-order valence-electron chi connectivity index (χ0n) is 19.8. The Morgan fingerprint density at radius 1 is 1.11 bits per heavy atom. The fourth-order valence-corrected chi connectivity index (χ4v) is 5.96. The number of aromatic nitrogens is 4. The quantitative estimate of drug-likeness (QED) is 0.365. The van der Waals surface area contributed by atoms with Gasteiger partial charge < -0.3 is 21.1 Å². The standard InChI is InChI=1S/C24H28Cl3N7O2/c1-12-11-36-7-6-18(12)30-23-29-10-19-22(33-23)34(15-4-2-13(3-5-15)21(28)35)24(31-19)32-20-16(26)8-14(25)9-17(20)27/h8-10,12-13,15,18H,2-7,11H2,1H3,(H2,28,35)(H,31,32)(H,29,30,33)/t12-,13?,15?,18+/m0/s1. The Hall–Kier alpha value is -2.33. The minimum atomic E-state index is -0.249. The van der Waals surface area contributed by atoms with E-state index in [2.05, 4.69) is 27.1 Å². The number of anilines is 3. The summed E-state index contributed by atoms with van der Waals surface area (Å²) in [6.45, 7) is 3.57. The molecule has 1 aromatic carbocycles. The first-order valence-electron chi connectivity index (χ1n) is 12.1. The van der Waals surface area contributed by atoms with E-state index in [1.165, 1.54) is 0 Å². The van der Waals surface area contributed by atoms with Crippen molar-refractivity contribution in [2.24, 2.45) is 17.6 Å². The number of benzene rings is 1. The molecule has 3 heterocycles. The van der Waals surface area contributed by atoms with Crippen molar-refractivity contribution in [3.05, 3.63) is 33.4 Å². The minimum Gasteiger partial charge on any atom is -0.381 e. The van der Waals surface area contributed by atoms with Crippen LogP contribution in [-0.2, 0) is 9.53 Å². The van der Waals surface area contributed by atoms with E-state index in [0.29, 0.717) is 75.8 Å². The van der Waals surface area contributed by atoms with Gasteiger partial charge in [0.1, 0.15) is 5.52 Å². The van der Waals surface area contributed by atoms with Crippen LogP contribution in [0.15, 0.2) is 18.3 Å². The third kappa shape index (κ3) is 5.20. The summed E-state index contributed by atoms with van der Waals surface area (Å²) < 4.78 is 7.63. The Bertz CT molecular complexity index is 1250. The number of primary amides is 1. The van der Waals surface area contributed by atoms with E-state index >= 15 is 0 Å². The number of fused-ring (bicyclic) bond motifs is 1. The smallest absolute Gasteiger partial charge is 0.224 e. The highest BCUT2D eigenvalue weighted by molar-refractivity contribution is 6.41. The summed E-state index contributed by atoms with van der Waals surface area (Å²) in [5, 5.41) is 7.98. The van der Waals surface area contributed by atoms with Crippen LogP contribution in [0.4, 0.5) is 17.6 Å². The first kappa shape index (κ1) is 25.3. The molecule has 0 bridgehead atoms. The number of amides is 1. The molecule has 12 heteroatoms. The Labute approximate surface area is 224 Å². The van der Waals surface area contributed by atoms with Crippen molar-refractivity contribution in [2.75, 3.05) is 23.8 Å². The molecule has 192 valence electrons. The van der Waals surface area contributed by atoms with Crippen molar-refractivity contribution >= 4 is 69.5 Å². The van der Waals surface area contributed by atoms with E-state index < -0.39 is 0 Å². The molecule has 0 radical (unpaired) electrons. The summed E-state index contributed by atoms with van der Waals surface area (Å²) in [6.07, 6.45) is 5.55. The Balaban J connectivity index is 1.53. The highest BCUT2D eigenvalue weighted by Gasteiger charge is 2.30. The Kier molecular flexibility index (Phi) is 7.44. The highest BCUT2D eigenvalue weighted by Crippen LogP contribution is 2.40. The number of nitrogens with two attached hydrogens (primary N) is 1. The molecule has 0 spiro atoms. The predicted molar refractivity (Wildman–Crippen MR) is 142 cm³/mol. The van der Waals surface area contributed by atoms with E-state index in [1.54, 1.807) is 18.3 Å². The number of hydrogen-bond donors (Lipinski definition) is 3. The molecule has 9 nitrogen and oxygen atoms in total. The van der Waals surface area contributed by atoms with Crippen LogP contribution in [-0.4, -0.2) is 44.7 Å². The van der Waals surface area contributed by atoms with Crippen LogP contribution in [0, 0.1) is 11.8 Å². The van der Waals surface area contributed by atoms with Crippen molar-refractivity contribution in [2.45, 2.75) is 51.1 Å². The van der Waals surface area contributed by atoms with Gasteiger partial charge in [-0.3, -0.25) is 9.36 Å². The number of carbonyl (C=O) groups is 1. The number of nitrogens with one attached hydrogen (secondary N) is 2. The summed E-state index contributed by atoms with van der Waals surface area (Å²) in [6, 6.07) is 3.53. The number of nitrogens with zero attached hydrogens (tertiary/aromatic N) is 4. The summed E-state index contributed by atoms with van der Waals surface area (Å²) in [7, 11) is 0.